The van der Waals surface area contributed by atoms with E-state index >= 15 is 0 Å². The molecule has 8 nitrogen and oxygen atoms in total. The van der Waals surface area contributed by atoms with Crippen molar-refractivity contribution in [3.8, 4) is 0 Å². The van der Waals surface area contributed by atoms with Crippen LogP contribution in [0.25, 0.3) is 43.6 Å². The predicted molar refractivity (Wildman–Crippen MR) is 125 cm³/mol. The molecule has 4 unspecified atom stereocenters. The van der Waals surface area contributed by atoms with Gasteiger partial charge in [0.2, 0.25) is 0 Å². The summed E-state index contributed by atoms with van der Waals surface area (Å²) in [6, 6.07) is 3.68. The Morgan fingerprint density at radius 3 is 2.00 bits per heavy atom. The molecule has 0 aliphatic carbocycles. The van der Waals surface area contributed by atoms with Gasteiger partial charge in [-0.2, -0.15) is 0 Å². The van der Waals surface area contributed by atoms with E-state index in [1.54, 1.807) is 4.57 Å². The molecule has 8 rings (SSSR count). The molecule has 0 radical (unpaired) electrons. The van der Waals surface area contributed by atoms with Crippen LogP contribution >= 0.6 is 0 Å². The van der Waals surface area contributed by atoms with Crippen molar-refractivity contribution in [2.45, 2.75) is 37.5 Å². The second kappa shape index (κ2) is 6.90. The molecule has 0 saturated carbocycles. The van der Waals surface area contributed by atoms with Crippen molar-refractivity contribution in [1.29, 1.82) is 0 Å². The van der Waals surface area contributed by atoms with Crippen LogP contribution in [0.4, 0.5) is 17.6 Å². The average Bonchev–Trinajstić information content (AvgIpc) is 3.42. The quantitative estimate of drug-likeness (QED) is 0.213. The van der Waals surface area contributed by atoms with E-state index in [4.69, 9.17) is 4.74 Å². The second-order valence-electron chi connectivity index (χ2n) is 9.96. The van der Waals surface area contributed by atoms with Gasteiger partial charge in [-0.1, -0.05) is 0 Å². The molecule has 3 aliphatic heterocycles. The van der Waals surface area contributed by atoms with Crippen LogP contribution in [0.15, 0.2) is 24.3 Å². The second-order valence-corrected chi connectivity index (χ2v) is 9.96. The molecule has 38 heavy (non-hydrogen) atoms. The Kier molecular flexibility index (Phi) is 4.00. The summed E-state index contributed by atoms with van der Waals surface area (Å²) in [7, 11) is 0. The van der Waals surface area contributed by atoms with Crippen LogP contribution in [0.3, 0.4) is 0 Å². The molecular formula is C26H15F4N3O5. The highest BCUT2D eigenvalue weighted by Crippen LogP contribution is 2.49. The Morgan fingerprint density at radius 2 is 1.34 bits per heavy atom. The van der Waals surface area contributed by atoms with E-state index in [1.165, 1.54) is 4.57 Å². The van der Waals surface area contributed by atoms with Gasteiger partial charge in [0.05, 0.1) is 45.8 Å². The lowest BCUT2D eigenvalue weighted by molar-refractivity contribution is -0.198. The van der Waals surface area contributed by atoms with E-state index in [1.807, 2.05) is 0 Å². The number of ether oxygens (including phenoxy) is 1. The summed E-state index contributed by atoms with van der Waals surface area (Å²) in [4.78, 5) is 26.3. The predicted octanol–water partition coefficient (Wildman–Crippen LogP) is 3.37. The van der Waals surface area contributed by atoms with Crippen molar-refractivity contribution >= 4 is 55.4 Å². The van der Waals surface area contributed by atoms with Crippen LogP contribution in [0, 0.1) is 23.3 Å². The molecule has 12 heteroatoms. The number of halogens is 4. The standard InChI is InChI=1S/C26H15F4N3O5/c27-9-1-7-13(3-11(9)29)32-6-17-15(34)5-16(35)26(38-17)33-14-4-12(30)10(28)2-8(14)19-21-20(24(36)31-25(21)37)18(7)22(32)23(19)33/h1-4,15-17,26,34-35H,5-6H2,(H,31,36,37). The van der Waals surface area contributed by atoms with Crippen molar-refractivity contribution in [3.63, 3.8) is 0 Å². The molecule has 0 spiro atoms. The third-order valence-electron chi connectivity index (χ3n) is 7.98. The van der Waals surface area contributed by atoms with Gasteiger partial charge in [0, 0.05) is 40.1 Å². The minimum absolute atomic E-state index is 0.0657. The van der Waals surface area contributed by atoms with Gasteiger partial charge in [-0.15, -0.1) is 0 Å². The summed E-state index contributed by atoms with van der Waals surface area (Å²) in [5.74, 6) is -6.31. The number of nitrogens with one attached hydrogen (secondary N) is 1. The number of hydrogen-bond acceptors (Lipinski definition) is 5. The van der Waals surface area contributed by atoms with E-state index in [9.17, 15) is 37.4 Å². The summed E-state index contributed by atoms with van der Waals surface area (Å²) in [5.41, 5.74) is 0.438. The number of fused-ring (bicyclic) bond motifs is 12. The summed E-state index contributed by atoms with van der Waals surface area (Å²) >= 11 is 0. The van der Waals surface area contributed by atoms with Crippen molar-refractivity contribution in [2.75, 3.05) is 0 Å². The number of imide groups is 1. The van der Waals surface area contributed by atoms with Crippen molar-refractivity contribution in [2.24, 2.45) is 0 Å². The maximum Gasteiger partial charge on any atom is 0.259 e. The fraction of sp³-hybridized carbons (Fsp3) is 0.231. The summed E-state index contributed by atoms with van der Waals surface area (Å²) in [6.45, 7) is -0.0802. The summed E-state index contributed by atoms with van der Waals surface area (Å²) in [6.07, 6.45) is -4.67. The molecule has 3 aliphatic rings. The Bertz CT molecular complexity index is 1980. The number of amides is 2. The van der Waals surface area contributed by atoms with E-state index in [2.05, 4.69) is 5.32 Å². The molecule has 192 valence electrons. The Balaban J connectivity index is 1.74. The topological polar surface area (TPSA) is 106 Å². The zero-order valence-electron chi connectivity index (χ0n) is 19.1. The van der Waals surface area contributed by atoms with Gasteiger partial charge >= 0.3 is 0 Å². The summed E-state index contributed by atoms with van der Waals surface area (Å²) in [5, 5.41) is 24.4. The monoisotopic (exact) mass is 525 g/mol. The lowest BCUT2D eigenvalue weighted by atomic mass is 9.96. The number of nitrogens with zero attached hydrogens (tertiary/aromatic N) is 2. The number of aliphatic hydroxyl groups is 2. The van der Waals surface area contributed by atoms with Gasteiger partial charge in [0.25, 0.3) is 11.8 Å². The third kappa shape index (κ3) is 2.45. The molecule has 5 aromatic rings. The highest BCUT2D eigenvalue weighted by Gasteiger charge is 2.44. The molecular weight excluding hydrogens is 510 g/mol. The molecule has 2 bridgehead atoms. The Morgan fingerprint density at radius 1 is 0.789 bits per heavy atom. The number of carbonyl (C=O) groups excluding carboxylic acids is 2. The molecule has 1 fully saturated rings. The van der Waals surface area contributed by atoms with Crippen LogP contribution in [-0.4, -0.2) is 49.5 Å². The van der Waals surface area contributed by atoms with Crippen LogP contribution in [0.5, 0.6) is 0 Å². The van der Waals surface area contributed by atoms with Gasteiger partial charge < -0.3 is 24.1 Å². The summed E-state index contributed by atoms with van der Waals surface area (Å²) < 4.78 is 67.3. The molecule has 2 aromatic heterocycles. The van der Waals surface area contributed by atoms with Gasteiger partial charge in [-0.3, -0.25) is 14.9 Å². The highest BCUT2D eigenvalue weighted by molar-refractivity contribution is 6.39. The molecule has 4 atom stereocenters. The zero-order valence-corrected chi connectivity index (χ0v) is 19.1. The maximum atomic E-state index is 14.6. The van der Waals surface area contributed by atoms with Gasteiger partial charge in [0.15, 0.2) is 29.5 Å². The fourth-order valence-corrected chi connectivity index (χ4v) is 6.47. The number of aliphatic hydroxyl groups excluding tert-OH is 2. The van der Waals surface area contributed by atoms with Crippen molar-refractivity contribution < 1.29 is 42.1 Å². The van der Waals surface area contributed by atoms with E-state index < -0.39 is 59.6 Å². The van der Waals surface area contributed by atoms with Gasteiger partial charge in [-0.25, -0.2) is 17.6 Å². The number of rotatable bonds is 0. The van der Waals surface area contributed by atoms with E-state index in [0.717, 1.165) is 24.3 Å². The Hall–Kier alpha value is -4.00. The molecule has 1 saturated heterocycles. The van der Waals surface area contributed by atoms with Crippen molar-refractivity contribution in [3.05, 3.63) is 58.7 Å². The van der Waals surface area contributed by atoms with E-state index in [-0.39, 0.29) is 67.7 Å². The normalized spacial score (nSPS) is 24.6. The van der Waals surface area contributed by atoms with Crippen LogP contribution in [0.1, 0.15) is 33.4 Å². The molecule has 3 N–H and O–H groups in total. The van der Waals surface area contributed by atoms with Gasteiger partial charge in [0.1, 0.15) is 12.2 Å². The molecule has 3 aromatic carbocycles. The first kappa shape index (κ1) is 22.0. The van der Waals surface area contributed by atoms with Crippen molar-refractivity contribution in [1.82, 2.24) is 14.5 Å². The minimum atomic E-state index is -1.28. The first-order chi connectivity index (χ1) is 18.2. The lowest BCUT2D eigenvalue weighted by Gasteiger charge is -2.40. The largest absolute Gasteiger partial charge is 0.390 e. The third-order valence-corrected chi connectivity index (χ3v) is 7.98. The number of carbonyl (C=O) groups is 2. The number of benzene rings is 3. The van der Waals surface area contributed by atoms with E-state index in [0.29, 0.717) is 0 Å². The molecule has 5 heterocycles. The Labute approximate surface area is 208 Å². The fourth-order valence-electron chi connectivity index (χ4n) is 6.47. The number of aromatic nitrogens is 2. The average molecular weight is 525 g/mol. The van der Waals surface area contributed by atoms with Crippen LogP contribution in [0.2, 0.25) is 0 Å². The van der Waals surface area contributed by atoms with Gasteiger partial charge in [-0.05, 0) is 12.1 Å². The molecule has 2 amide bonds. The lowest BCUT2D eigenvalue weighted by Crippen LogP contribution is -2.47. The minimum Gasteiger partial charge on any atom is -0.390 e. The number of hydrogen-bond donors (Lipinski definition) is 3. The van der Waals surface area contributed by atoms with Crippen LogP contribution < -0.4 is 5.32 Å². The zero-order chi connectivity index (χ0) is 26.4. The first-order valence-corrected chi connectivity index (χ1v) is 11.8. The smallest absolute Gasteiger partial charge is 0.259 e. The highest BCUT2D eigenvalue weighted by atomic mass is 19.2. The maximum absolute atomic E-state index is 14.6. The SMILES string of the molecule is O=C1NC(=O)c2c1c1c3cc(F)c(F)cc3n3c1c1c2c2cc(F)c(F)cc2n1C1OC(C3)C(O)CC1O. The van der Waals surface area contributed by atoms with Crippen LogP contribution in [-0.2, 0) is 11.3 Å². The first-order valence-electron chi connectivity index (χ1n) is 11.8.